The zero-order valence-corrected chi connectivity index (χ0v) is 13.2. The molecule has 5 heteroatoms. The Bertz CT molecular complexity index is 647. The van der Waals surface area contributed by atoms with Crippen LogP contribution in [0.25, 0.3) is 0 Å². The molecule has 0 aliphatic heterocycles. The summed E-state index contributed by atoms with van der Waals surface area (Å²) in [7, 11) is 1.64. The largest absolute Gasteiger partial charge is 0.497 e. The number of hydrogen-bond donors (Lipinski definition) is 2. The number of nitrogens with two attached hydrogens (primary N) is 1. The fourth-order valence-corrected chi connectivity index (χ4v) is 1.83. The molecule has 21 heavy (non-hydrogen) atoms. The first-order valence-corrected chi connectivity index (χ1v) is 6.87. The number of benzene rings is 1. The molecule has 0 radical (unpaired) electrons. The van der Waals surface area contributed by atoms with Gasteiger partial charge in [0.1, 0.15) is 23.2 Å². The molecule has 0 aliphatic carbocycles. The van der Waals surface area contributed by atoms with E-state index in [2.05, 4.69) is 36.1 Å². The van der Waals surface area contributed by atoms with Crippen molar-refractivity contribution < 1.29 is 4.74 Å². The van der Waals surface area contributed by atoms with Gasteiger partial charge in [-0.15, -0.1) is 0 Å². The van der Waals surface area contributed by atoms with E-state index in [1.54, 1.807) is 7.11 Å². The smallest absolute Gasteiger partial charge is 0.139 e. The van der Waals surface area contributed by atoms with Crippen LogP contribution in [0, 0.1) is 6.92 Å². The number of hydrogen-bond acceptors (Lipinski definition) is 5. The third-order valence-electron chi connectivity index (χ3n) is 3.19. The van der Waals surface area contributed by atoms with Crippen LogP contribution in [0.3, 0.4) is 0 Å². The summed E-state index contributed by atoms with van der Waals surface area (Å²) in [5.41, 5.74) is 7.59. The molecule has 3 N–H and O–H groups in total. The molecule has 0 spiro atoms. The Morgan fingerprint density at radius 1 is 1.19 bits per heavy atom. The van der Waals surface area contributed by atoms with Crippen molar-refractivity contribution >= 4 is 17.3 Å². The van der Waals surface area contributed by atoms with E-state index in [4.69, 9.17) is 10.5 Å². The number of nitrogens with one attached hydrogen (secondary N) is 1. The van der Waals surface area contributed by atoms with Gasteiger partial charge in [0, 0.05) is 22.7 Å². The maximum atomic E-state index is 6.01. The molecule has 1 aromatic carbocycles. The molecular formula is C16H22N4O. The minimum atomic E-state index is -0.160. The van der Waals surface area contributed by atoms with E-state index in [-0.39, 0.29) is 5.41 Å². The van der Waals surface area contributed by atoms with Crippen LogP contribution in [0.5, 0.6) is 5.75 Å². The van der Waals surface area contributed by atoms with Gasteiger partial charge in [-0.3, -0.25) is 0 Å². The Morgan fingerprint density at radius 2 is 1.90 bits per heavy atom. The molecular weight excluding hydrogens is 264 g/mol. The molecule has 5 nitrogen and oxygen atoms in total. The highest BCUT2D eigenvalue weighted by Gasteiger charge is 2.20. The van der Waals surface area contributed by atoms with E-state index >= 15 is 0 Å². The second-order valence-electron chi connectivity index (χ2n) is 6.01. The van der Waals surface area contributed by atoms with Crippen LogP contribution in [0.1, 0.15) is 32.2 Å². The zero-order chi connectivity index (χ0) is 15.6. The fraction of sp³-hybridized carbons (Fsp3) is 0.375. The van der Waals surface area contributed by atoms with E-state index in [1.165, 1.54) is 0 Å². The van der Waals surface area contributed by atoms with E-state index in [0.29, 0.717) is 5.82 Å². The van der Waals surface area contributed by atoms with Crippen LogP contribution < -0.4 is 15.8 Å². The number of nitrogens with zero attached hydrogens (tertiary/aromatic N) is 2. The summed E-state index contributed by atoms with van der Waals surface area (Å²) in [5.74, 6) is 2.73. The average Bonchev–Trinajstić information content (AvgIpc) is 2.42. The molecule has 0 fully saturated rings. The van der Waals surface area contributed by atoms with Gasteiger partial charge < -0.3 is 15.8 Å². The van der Waals surface area contributed by atoms with Crippen molar-refractivity contribution in [2.24, 2.45) is 0 Å². The van der Waals surface area contributed by atoms with E-state index < -0.39 is 0 Å². The highest BCUT2D eigenvalue weighted by Crippen LogP contribution is 2.27. The summed E-state index contributed by atoms with van der Waals surface area (Å²) in [5, 5.41) is 3.29. The van der Waals surface area contributed by atoms with Gasteiger partial charge in [-0.2, -0.15) is 0 Å². The number of nitrogen functional groups attached to an aromatic ring is 1. The molecule has 1 aromatic heterocycles. The van der Waals surface area contributed by atoms with Crippen molar-refractivity contribution in [3.05, 3.63) is 35.7 Å². The zero-order valence-electron chi connectivity index (χ0n) is 13.2. The Morgan fingerprint density at radius 3 is 2.52 bits per heavy atom. The normalized spacial score (nSPS) is 11.3. The predicted molar refractivity (Wildman–Crippen MR) is 86.2 cm³/mol. The van der Waals surface area contributed by atoms with Gasteiger partial charge in [-0.25, -0.2) is 9.97 Å². The van der Waals surface area contributed by atoms with E-state index in [9.17, 15) is 0 Å². The maximum absolute atomic E-state index is 6.01. The maximum Gasteiger partial charge on any atom is 0.139 e. The highest BCUT2D eigenvalue weighted by atomic mass is 16.5. The number of anilines is 3. The van der Waals surface area contributed by atoms with Gasteiger partial charge in [0.05, 0.1) is 7.11 Å². The molecule has 0 bridgehead atoms. The number of ether oxygens (including phenoxy) is 1. The Kier molecular flexibility index (Phi) is 4.02. The van der Waals surface area contributed by atoms with Gasteiger partial charge in [-0.1, -0.05) is 26.8 Å². The first kappa shape index (κ1) is 15.1. The summed E-state index contributed by atoms with van der Waals surface area (Å²) in [6, 6.07) is 7.68. The van der Waals surface area contributed by atoms with Crippen molar-refractivity contribution in [3.63, 3.8) is 0 Å². The molecule has 0 aliphatic rings. The minimum Gasteiger partial charge on any atom is -0.497 e. The van der Waals surface area contributed by atoms with Crippen LogP contribution in [0.15, 0.2) is 24.3 Å². The number of rotatable bonds is 3. The molecule has 0 saturated heterocycles. The van der Waals surface area contributed by atoms with Crippen molar-refractivity contribution in [2.75, 3.05) is 18.2 Å². The highest BCUT2D eigenvalue weighted by molar-refractivity contribution is 5.64. The molecule has 1 heterocycles. The lowest BCUT2D eigenvalue weighted by Crippen LogP contribution is -2.18. The lowest BCUT2D eigenvalue weighted by molar-refractivity contribution is 0.415. The number of methoxy groups -OCH3 is 1. The molecule has 2 rings (SSSR count). The quantitative estimate of drug-likeness (QED) is 0.904. The van der Waals surface area contributed by atoms with Gasteiger partial charge in [0.25, 0.3) is 0 Å². The van der Waals surface area contributed by atoms with Crippen LogP contribution in [0.4, 0.5) is 17.3 Å². The average molecular weight is 286 g/mol. The van der Waals surface area contributed by atoms with E-state index in [0.717, 1.165) is 28.6 Å². The van der Waals surface area contributed by atoms with Gasteiger partial charge in [0.15, 0.2) is 0 Å². The number of aromatic nitrogens is 2. The molecule has 0 saturated carbocycles. The Balaban J connectivity index is 2.41. The molecule has 0 atom stereocenters. The van der Waals surface area contributed by atoms with Crippen LogP contribution in [0.2, 0.25) is 0 Å². The summed E-state index contributed by atoms with van der Waals surface area (Å²) < 4.78 is 5.23. The third-order valence-corrected chi connectivity index (χ3v) is 3.19. The van der Waals surface area contributed by atoms with Crippen LogP contribution >= 0.6 is 0 Å². The predicted octanol–water partition coefficient (Wildman–Crippen LogP) is 3.42. The summed E-state index contributed by atoms with van der Waals surface area (Å²) in [4.78, 5) is 8.99. The Labute approximate surface area is 125 Å². The second kappa shape index (κ2) is 5.60. The molecule has 0 unspecified atom stereocenters. The lowest BCUT2D eigenvalue weighted by atomic mass is 9.95. The monoisotopic (exact) mass is 286 g/mol. The third kappa shape index (κ3) is 3.42. The van der Waals surface area contributed by atoms with Gasteiger partial charge in [0.2, 0.25) is 0 Å². The van der Waals surface area contributed by atoms with E-state index in [1.807, 2.05) is 31.2 Å². The van der Waals surface area contributed by atoms with Crippen LogP contribution in [-0.4, -0.2) is 17.1 Å². The van der Waals surface area contributed by atoms with Crippen LogP contribution in [-0.2, 0) is 5.41 Å². The fourth-order valence-electron chi connectivity index (χ4n) is 1.83. The van der Waals surface area contributed by atoms with Gasteiger partial charge >= 0.3 is 0 Å². The van der Waals surface area contributed by atoms with Crippen molar-refractivity contribution in [2.45, 2.75) is 33.1 Å². The first-order valence-electron chi connectivity index (χ1n) is 6.87. The van der Waals surface area contributed by atoms with Crippen molar-refractivity contribution in [1.29, 1.82) is 0 Å². The standard InChI is InChI=1S/C16H22N4O/c1-10-13(17)19-15(16(2,3)4)20-14(10)18-11-7-6-8-12(9-11)21-5/h6-9H,1-5H3,(H3,17,18,19,20). The van der Waals surface area contributed by atoms with Crippen molar-refractivity contribution in [1.82, 2.24) is 9.97 Å². The summed E-state index contributed by atoms with van der Waals surface area (Å²) >= 11 is 0. The van der Waals surface area contributed by atoms with Crippen molar-refractivity contribution in [3.8, 4) is 5.75 Å². The first-order chi connectivity index (χ1) is 9.81. The topological polar surface area (TPSA) is 73.1 Å². The lowest BCUT2D eigenvalue weighted by Gasteiger charge is -2.20. The van der Waals surface area contributed by atoms with Gasteiger partial charge in [-0.05, 0) is 19.1 Å². The molecule has 112 valence electrons. The Hall–Kier alpha value is -2.30. The molecule has 0 amide bonds. The second-order valence-corrected chi connectivity index (χ2v) is 6.01. The summed E-state index contributed by atoms with van der Waals surface area (Å²) in [6.07, 6.45) is 0. The molecule has 2 aromatic rings. The minimum absolute atomic E-state index is 0.160. The SMILES string of the molecule is COc1cccc(Nc2nc(C(C)(C)C)nc(N)c2C)c1. The summed E-state index contributed by atoms with van der Waals surface area (Å²) in [6.45, 7) is 8.09.